The molecule has 15 heteroatoms. The molecule has 11 atom stereocenters. The molecule has 0 radical (unpaired) electrons. The molecule has 2 aliphatic heterocycles. The van der Waals surface area contributed by atoms with E-state index in [1.807, 2.05) is 0 Å². The Morgan fingerprint density at radius 3 is 1.37 bits per heavy atom. The summed E-state index contributed by atoms with van der Waals surface area (Å²) in [7, 11) is 0. The number of carbonyl (C=O) groups is 2. The minimum absolute atomic E-state index is 0.144. The molecule has 2 fully saturated rings. The summed E-state index contributed by atoms with van der Waals surface area (Å²) in [5, 5.41) is 72.2. The Balaban J connectivity index is 1.74. The number of aliphatic hydroxyl groups excluding tert-OH is 7. The minimum atomic E-state index is -1.77. The Labute approximate surface area is 440 Å². The van der Waals surface area contributed by atoms with Crippen LogP contribution in [0.1, 0.15) is 226 Å². The SMILES string of the molecule is CCCC/C=C/C/C=C/CCCCCCCC(=O)O[C@@H](COC(=O)CCC/C=C/CCCCCCCCCCCCCCCCCCCC)CO[C@@H]1O[C@H](CO[C@@H]2O[C@H](CO)[C@H](O)C(O)C2O)[C@H](O)C(O)C1O. The van der Waals surface area contributed by atoms with Crippen LogP contribution in [-0.2, 0) is 38.0 Å². The molecule has 2 heterocycles. The van der Waals surface area contributed by atoms with E-state index in [-0.39, 0.29) is 19.4 Å². The van der Waals surface area contributed by atoms with Gasteiger partial charge in [-0.1, -0.05) is 192 Å². The molecule has 0 aromatic heterocycles. The van der Waals surface area contributed by atoms with Gasteiger partial charge >= 0.3 is 11.9 Å². The number of hydrogen-bond acceptors (Lipinski definition) is 15. The van der Waals surface area contributed by atoms with E-state index in [0.717, 1.165) is 64.2 Å². The van der Waals surface area contributed by atoms with Crippen molar-refractivity contribution in [1.29, 1.82) is 0 Å². The lowest BCUT2D eigenvalue weighted by Crippen LogP contribution is -2.61. The van der Waals surface area contributed by atoms with Gasteiger partial charge in [0.25, 0.3) is 0 Å². The minimum Gasteiger partial charge on any atom is -0.462 e. The monoisotopic (exact) mass is 1040 g/mol. The van der Waals surface area contributed by atoms with E-state index in [1.165, 1.54) is 122 Å². The van der Waals surface area contributed by atoms with Gasteiger partial charge in [0, 0.05) is 12.8 Å². The Morgan fingerprint density at radius 1 is 0.438 bits per heavy atom. The van der Waals surface area contributed by atoms with E-state index in [1.54, 1.807) is 0 Å². The van der Waals surface area contributed by atoms with Gasteiger partial charge in [-0.05, 0) is 57.8 Å². The molecule has 0 spiro atoms. The van der Waals surface area contributed by atoms with Crippen LogP contribution in [0.3, 0.4) is 0 Å². The van der Waals surface area contributed by atoms with Crippen molar-refractivity contribution in [1.82, 2.24) is 0 Å². The Bertz CT molecular complexity index is 1410. The predicted octanol–water partition coefficient (Wildman–Crippen LogP) is 9.66. The summed E-state index contributed by atoms with van der Waals surface area (Å²) >= 11 is 0. The number of carbonyl (C=O) groups excluding carboxylic acids is 2. The quantitative estimate of drug-likeness (QED) is 0.0171. The second-order valence-corrected chi connectivity index (χ2v) is 20.5. The smallest absolute Gasteiger partial charge is 0.306 e. The molecular formula is C58H104O15. The van der Waals surface area contributed by atoms with Crippen molar-refractivity contribution in [3.8, 4) is 0 Å². The summed E-state index contributed by atoms with van der Waals surface area (Å²) in [4.78, 5) is 25.8. The first-order chi connectivity index (χ1) is 35.5. The van der Waals surface area contributed by atoms with Gasteiger partial charge in [-0.25, -0.2) is 0 Å². The molecule has 0 bridgehead atoms. The van der Waals surface area contributed by atoms with Gasteiger partial charge in [-0.15, -0.1) is 0 Å². The summed E-state index contributed by atoms with van der Waals surface area (Å²) in [5.41, 5.74) is 0. The van der Waals surface area contributed by atoms with Crippen molar-refractivity contribution in [2.45, 2.75) is 293 Å². The standard InChI is InChI=1S/C58H104O15/c1-3-5-7-9-11-13-15-17-19-20-21-22-23-24-25-26-27-29-30-32-34-36-38-40-49(60)68-43-46(71-50(61)41-39-37-35-33-31-28-18-16-14-12-10-8-6-4-2)44-69-57-56(67)54(65)52(63)48(73-57)45-70-58-55(66)53(64)51(62)47(42-59)72-58/h10,12,16,18,32,34,46-48,51-59,62-67H,3-9,11,13-15,17,19-31,33,35-45H2,1-2H3/b12-10+,18-16+,34-32+/t46-,47+,48+,51-,52-,53?,54?,55?,56?,57+,58+/m0/s1. The van der Waals surface area contributed by atoms with Gasteiger partial charge in [0.2, 0.25) is 0 Å². The van der Waals surface area contributed by atoms with E-state index >= 15 is 0 Å². The highest BCUT2D eigenvalue weighted by Crippen LogP contribution is 2.27. The van der Waals surface area contributed by atoms with Crippen molar-refractivity contribution in [2.75, 3.05) is 26.4 Å². The average Bonchev–Trinajstić information content (AvgIpc) is 3.38. The summed E-state index contributed by atoms with van der Waals surface area (Å²) in [5.74, 6) is -0.972. The lowest BCUT2D eigenvalue weighted by Gasteiger charge is -2.42. The molecule has 4 unspecified atom stereocenters. The third kappa shape index (κ3) is 32.2. The van der Waals surface area contributed by atoms with E-state index in [0.29, 0.717) is 12.8 Å². The Hall–Kier alpha value is -2.28. The van der Waals surface area contributed by atoms with Crippen LogP contribution in [0.15, 0.2) is 36.5 Å². The second kappa shape index (κ2) is 44.8. The molecule has 73 heavy (non-hydrogen) atoms. The number of unbranched alkanes of at least 4 members (excludes halogenated alkanes) is 26. The first-order valence-electron chi connectivity index (χ1n) is 29.1. The topological polar surface area (TPSA) is 231 Å². The summed E-state index contributed by atoms with van der Waals surface area (Å²) in [6, 6.07) is 0. The molecule has 2 aliphatic rings. The third-order valence-electron chi connectivity index (χ3n) is 13.8. The van der Waals surface area contributed by atoms with Crippen LogP contribution >= 0.6 is 0 Å². The fourth-order valence-corrected chi connectivity index (χ4v) is 9.06. The van der Waals surface area contributed by atoms with Crippen molar-refractivity contribution in [3.05, 3.63) is 36.5 Å². The summed E-state index contributed by atoms with van der Waals surface area (Å²) in [6.07, 6.45) is 33.3. The highest BCUT2D eigenvalue weighted by atomic mass is 16.7. The zero-order chi connectivity index (χ0) is 53.2. The Morgan fingerprint density at radius 2 is 0.849 bits per heavy atom. The van der Waals surface area contributed by atoms with Crippen LogP contribution in [0, 0.1) is 0 Å². The van der Waals surface area contributed by atoms with Crippen molar-refractivity contribution < 1.29 is 73.8 Å². The second-order valence-electron chi connectivity index (χ2n) is 20.5. The Kier molecular flexibility index (Phi) is 41.0. The van der Waals surface area contributed by atoms with Gasteiger partial charge in [-0.3, -0.25) is 9.59 Å². The van der Waals surface area contributed by atoms with Crippen LogP contribution in [0.4, 0.5) is 0 Å². The summed E-state index contributed by atoms with van der Waals surface area (Å²) < 4.78 is 33.6. The van der Waals surface area contributed by atoms with E-state index in [4.69, 9.17) is 28.4 Å². The van der Waals surface area contributed by atoms with Crippen LogP contribution < -0.4 is 0 Å². The van der Waals surface area contributed by atoms with E-state index in [9.17, 15) is 45.3 Å². The number of ether oxygens (including phenoxy) is 6. The van der Waals surface area contributed by atoms with E-state index < -0.39 is 99.3 Å². The highest BCUT2D eigenvalue weighted by molar-refractivity contribution is 5.70. The van der Waals surface area contributed by atoms with Crippen LogP contribution in [-0.4, -0.2) is 142 Å². The summed E-state index contributed by atoms with van der Waals surface area (Å²) in [6.45, 7) is 2.54. The molecule has 0 saturated carbocycles. The fraction of sp³-hybridized carbons (Fsp3) is 0.862. The van der Waals surface area contributed by atoms with Gasteiger partial charge in [0.15, 0.2) is 18.7 Å². The largest absolute Gasteiger partial charge is 0.462 e. The first kappa shape index (κ1) is 66.8. The lowest BCUT2D eigenvalue weighted by atomic mass is 9.98. The van der Waals surface area contributed by atoms with Gasteiger partial charge in [-0.2, -0.15) is 0 Å². The molecule has 0 aromatic rings. The lowest BCUT2D eigenvalue weighted by molar-refractivity contribution is -0.332. The first-order valence-corrected chi connectivity index (χ1v) is 29.1. The number of esters is 2. The van der Waals surface area contributed by atoms with Gasteiger partial charge in [0.1, 0.15) is 55.4 Å². The zero-order valence-electron chi connectivity index (χ0n) is 45.4. The molecule has 7 N–H and O–H groups in total. The number of rotatable bonds is 46. The maximum Gasteiger partial charge on any atom is 0.306 e. The normalized spacial score (nSPS) is 25.1. The molecule has 0 aromatic carbocycles. The van der Waals surface area contributed by atoms with E-state index in [2.05, 4.69) is 50.3 Å². The average molecular weight is 1040 g/mol. The van der Waals surface area contributed by atoms with Crippen molar-refractivity contribution in [3.63, 3.8) is 0 Å². The highest BCUT2D eigenvalue weighted by Gasteiger charge is 2.47. The third-order valence-corrected chi connectivity index (χ3v) is 13.8. The number of allylic oxidation sites excluding steroid dienone is 6. The van der Waals surface area contributed by atoms with Gasteiger partial charge < -0.3 is 64.2 Å². The molecule has 426 valence electrons. The fourth-order valence-electron chi connectivity index (χ4n) is 9.06. The van der Waals surface area contributed by atoms with Crippen LogP contribution in [0.5, 0.6) is 0 Å². The number of hydrogen-bond donors (Lipinski definition) is 7. The zero-order valence-corrected chi connectivity index (χ0v) is 45.4. The molecular weight excluding hydrogens is 937 g/mol. The van der Waals surface area contributed by atoms with Crippen molar-refractivity contribution >= 4 is 11.9 Å². The van der Waals surface area contributed by atoms with Gasteiger partial charge in [0.05, 0.1) is 19.8 Å². The molecule has 2 rings (SSSR count). The number of aliphatic hydroxyl groups is 7. The molecule has 2 saturated heterocycles. The van der Waals surface area contributed by atoms with Crippen LogP contribution in [0.25, 0.3) is 0 Å². The van der Waals surface area contributed by atoms with Crippen molar-refractivity contribution in [2.24, 2.45) is 0 Å². The maximum atomic E-state index is 13.0. The molecule has 0 aliphatic carbocycles. The predicted molar refractivity (Wildman–Crippen MR) is 284 cm³/mol. The molecule has 15 nitrogen and oxygen atoms in total. The molecule has 0 amide bonds. The maximum absolute atomic E-state index is 13.0. The van der Waals surface area contributed by atoms with Crippen LogP contribution in [0.2, 0.25) is 0 Å².